The van der Waals surface area contributed by atoms with E-state index in [2.05, 4.69) is 38.2 Å². The smallest absolute Gasteiger partial charge is 0.306 e. The standard InChI is InChI=1S/C50H90NO12P/c1-6-8-10-11-12-13-14-15-16-17-18-19-20-21-22-23-24-25-27-32-49(56)60-40-44(41-62-64(58,59)61-37-36-51(3,4)5)63-50(57)33-29-28-31-43(53)38-46-45(47(54)39-48(46)55)35-34-42(52)30-26-9-7-2/h12-13,15-16,34-35,42,44-48,52,54-55H,6-11,14,17-33,36-41H2,1-5H3/b13-12-,16-15-,35-34+/t42-,44+,45+,46+,47+,48-/m0/s1. The minimum absolute atomic E-state index is 0.0620. The van der Waals surface area contributed by atoms with E-state index in [0.717, 1.165) is 51.4 Å². The summed E-state index contributed by atoms with van der Waals surface area (Å²) in [5, 5.41) is 31.4. The largest absolute Gasteiger partial charge is 0.756 e. The molecular weight excluding hydrogens is 838 g/mol. The molecular formula is C50H90NO12P. The van der Waals surface area contributed by atoms with E-state index in [1.165, 1.54) is 57.8 Å². The zero-order valence-electron chi connectivity index (χ0n) is 40.6. The molecule has 0 heterocycles. The number of hydrogen-bond acceptors (Lipinski definition) is 12. The van der Waals surface area contributed by atoms with Gasteiger partial charge in [0.2, 0.25) is 0 Å². The lowest BCUT2D eigenvalue weighted by molar-refractivity contribution is -0.870. The van der Waals surface area contributed by atoms with E-state index < -0.39 is 62.6 Å². The molecule has 0 aromatic heterocycles. The third-order valence-corrected chi connectivity index (χ3v) is 12.6. The number of carbonyl (C=O) groups excluding carboxylic acids is 3. The molecule has 0 aromatic carbocycles. The third kappa shape index (κ3) is 33.3. The second-order valence-electron chi connectivity index (χ2n) is 18.8. The lowest BCUT2D eigenvalue weighted by atomic mass is 9.87. The van der Waals surface area contributed by atoms with Crippen LogP contribution in [0.4, 0.5) is 0 Å². The van der Waals surface area contributed by atoms with Crippen molar-refractivity contribution in [3.05, 3.63) is 36.5 Å². The Labute approximate surface area is 387 Å². The van der Waals surface area contributed by atoms with Crippen molar-refractivity contribution < 1.29 is 62.2 Å². The Hall–Kier alpha value is -2.22. The van der Waals surface area contributed by atoms with Crippen molar-refractivity contribution in [1.29, 1.82) is 0 Å². The van der Waals surface area contributed by atoms with Gasteiger partial charge in [0.15, 0.2) is 6.10 Å². The number of likely N-dealkylation sites (N-methyl/N-ethyl adjacent to an activating group) is 1. The minimum atomic E-state index is -4.74. The fourth-order valence-corrected chi connectivity index (χ4v) is 8.35. The van der Waals surface area contributed by atoms with E-state index in [4.69, 9.17) is 18.5 Å². The van der Waals surface area contributed by atoms with Gasteiger partial charge < -0.3 is 43.2 Å². The Bertz CT molecular complexity index is 1360. The summed E-state index contributed by atoms with van der Waals surface area (Å²) in [6.07, 6.45) is 30.8. The quantitative estimate of drug-likeness (QED) is 0.0174. The molecule has 0 aliphatic heterocycles. The van der Waals surface area contributed by atoms with Crippen LogP contribution in [0, 0.1) is 11.8 Å². The molecule has 13 nitrogen and oxygen atoms in total. The second kappa shape index (κ2) is 36.8. The van der Waals surface area contributed by atoms with Crippen LogP contribution in [0.1, 0.15) is 181 Å². The zero-order valence-corrected chi connectivity index (χ0v) is 41.4. The first kappa shape index (κ1) is 59.8. The summed E-state index contributed by atoms with van der Waals surface area (Å²) in [6, 6.07) is 0. The molecule has 1 aliphatic rings. The molecule has 1 saturated carbocycles. The highest BCUT2D eigenvalue weighted by molar-refractivity contribution is 7.45. The van der Waals surface area contributed by atoms with E-state index in [1.54, 1.807) is 12.2 Å². The van der Waals surface area contributed by atoms with Gasteiger partial charge in [0, 0.05) is 43.9 Å². The van der Waals surface area contributed by atoms with Crippen LogP contribution < -0.4 is 4.89 Å². The van der Waals surface area contributed by atoms with Crippen molar-refractivity contribution in [1.82, 2.24) is 0 Å². The van der Waals surface area contributed by atoms with Gasteiger partial charge in [-0.25, -0.2) is 0 Å². The van der Waals surface area contributed by atoms with Crippen molar-refractivity contribution >= 4 is 25.5 Å². The lowest BCUT2D eigenvalue weighted by Crippen LogP contribution is -2.37. The maximum atomic E-state index is 12.9. The third-order valence-electron chi connectivity index (χ3n) is 11.6. The summed E-state index contributed by atoms with van der Waals surface area (Å²) in [4.78, 5) is 50.8. The number of unbranched alkanes of at least 4 members (excludes halogenated alkanes) is 15. The molecule has 1 rings (SSSR count). The molecule has 0 radical (unpaired) electrons. The van der Waals surface area contributed by atoms with Crippen molar-refractivity contribution in [3.8, 4) is 0 Å². The number of phosphoric acid groups is 1. The number of hydrogen-bond donors (Lipinski definition) is 3. The number of aliphatic hydroxyl groups excluding tert-OH is 3. The lowest BCUT2D eigenvalue weighted by Gasteiger charge is -2.28. The molecule has 1 aliphatic carbocycles. The van der Waals surface area contributed by atoms with Gasteiger partial charge in [0.1, 0.15) is 25.5 Å². The number of carbonyl (C=O) groups is 3. The van der Waals surface area contributed by atoms with Crippen LogP contribution in [0.2, 0.25) is 0 Å². The number of allylic oxidation sites excluding steroid dienone is 4. The molecule has 7 atom stereocenters. The van der Waals surface area contributed by atoms with Gasteiger partial charge in [0.05, 0.1) is 46.1 Å². The fourth-order valence-electron chi connectivity index (χ4n) is 7.62. The van der Waals surface area contributed by atoms with Gasteiger partial charge in [0.25, 0.3) is 7.82 Å². The van der Waals surface area contributed by atoms with Crippen molar-refractivity contribution in [2.75, 3.05) is 47.5 Å². The van der Waals surface area contributed by atoms with E-state index in [0.29, 0.717) is 36.7 Å². The predicted molar refractivity (Wildman–Crippen MR) is 252 cm³/mol. The first-order valence-electron chi connectivity index (χ1n) is 24.9. The number of nitrogens with zero attached hydrogens (tertiary/aromatic N) is 1. The van der Waals surface area contributed by atoms with Gasteiger partial charge in [-0.3, -0.25) is 18.9 Å². The Morgan fingerprint density at radius 2 is 1.28 bits per heavy atom. The first-order chi connectivity index (χ1) is 30.6. The second-order valence-corrected chi connectivity index (χ2v) is 20.2. The van der Waals surface area contributed by atoms with E-state index in [-0.39, 0.29) is 51.1 Å². The summed E-state index contributed by atoms with van der Waals surface area (Å²) in [7, 11) is 0.934. The van der Waals surface area contributed by atoms with Crippen LogP contribution in [0.3, 0.4) is 0 Å². The van der Waals surface area contributed by atoms with Gasteiger partial charge in [-0.1, -0.05) is 127 Å². The summed E-state index contributed by atoms with van der Waals surface area (Å²) in [5.74, 6) is -2.15. The van der Waals surface area contributed by atoms with Crippen LogP contribution >= 0.6 is 7.82 Å². The Morgan fingerprint density at radius 1 is 0.719 bits per heavy atom. The van der Waals surface area contributed by atoms with Crippen LogP contribution in [-0.2, 0) is 37.5 Å². The molecule has 0 amide bonds. The summed E-state index contributed by atoms with van der Waals surface area (Å²) in [5.41, 5.74) is 0. The highest BCUT2D eigenvalue weighted by Gasteiger charge is 2.41. The van der Waals surface area contributed by atoms with Crippen molar-refractivity contribution in [3.63, 3.8) is 0 Å². The number of ketones is 1. The summed E-state index contributed by atoms with van der Waals surface area (Å²) in [6.45, 7) is 3.66. The highest BCUT2D eigenvalue weighted by atomic mass is 31.2. The monoisotopic (exact) mass is 928 g/mol. The fraction of sp³-hybridized carbons (Fsp3) is 0.820. The van der Waals surface area contributed by atoms with Gasteiger partial charge >= 0.3 is 11.9 Å². The molecule has 372 valence electrons. The van der Waals surface area contributed by atoms with E-state index in [9.17, 15) is 39.2 Å². The SMILES string of the molecule is CCCCC/C=C\C/C=C\CCCCCCCCCCCC(=O)OC[C@H](COP(=O)([O-])OCC[N+](C)(C)C)OC(=O)CCCCC(=O)C[C@@H]1[C@@H](/C=C/[C@@H](O)CCCCC)[C@H](O)C[C@@H]1O. The molecule has 0 spiro atoms. The average molecular weight is 928 g/mol. The number of Topliss-reactive ketones (excluding diaryl/α,β-unsaturated/α-hetero) is 1. The molecule has 0 saturated heterocycles. The molecule has 0 bridgehead atoms. The van der Waals surface area contributed by atoms with Crippen LogP contribution in [-0.4, -0.2) is 109 Å². The van der Waals surface area contributed by atoms with Gasteiger partial charge in [-0.05, 0) is 57.8 Å². The topological polar surface area (TPSA) is 189 Å². The minimum Gasteiger partial charge on any atom is -0.756 e. The maximum absolute atomic E-state index is 12.9. The normalized spacial score (nSPS) is 20.0. The molecule has 1 unspecified atom stereocenters. The summed E-state index contributed by atoms with van der Waals surface area (Å²) >= 11 is 0. The number of rotatable bonds is 41. The molecule has 64 heavy (non-hydrogen) atoms. The maximum Gasteiger partial charge on any atom is 0.306 e. The predicted octanol–water partition coefficient (Wildman–Crippen LogP) is 9.40. The molecule has 0 aromatic rings. The number of phosphoric ester groups is 1. The Balaban J connectivity index is 2.46. The number of aliphatic hydroxyl groups is 3. The number of ether oxygens (including phenoxy) is 2. The number of esters is 2. The molecule has 3 N–H and O–H groups in total. The van der Waals surface area contributed by atoms with Crippen LogP contribution in [0.15, 0.2) is 36.5 Å². The molecule has 14 heteroatoms. The van der Waals surface area contributed by atoms with E-state index >= 15 is 0 Å². The van der Waals surface area contributed by atoms with Crippen molar-refractivity contribution in [2.24, 2.45) is 11.8 Å². The number of quaternary nitrogens is 1. The van der Waals surface area contributed by atoms with Crippen LogP contribution in [0.25, 0.3) is 0 Å². The van der Waals surface area contributed by atoms with Gasteiger partial charge in [-0.15, -0.1) is 0 Å². The van der Waals surface area contributed by atoms with Gasteiger partial charge in [-0.2, -0.15) is 0 Å². The Morgan fingerprint density at radius 3 is 1.92 bits per heavy atom. The van der Waals surface area contributed by atoms with Crippen molar-refractivity contribution in [2.45, 2.75) is 205 Å². The van der Waals surface area contributed by atoms with Crippen LogP contribution in [0.5, 0.6) is 0 Å². The average Bonchev–Trinajstić information content (AvgIpc) is 3.50. The molecule has 1 fully saturated rings. The first-order valence-corrected chi connectivity index (χ1v) is 26.3. The highest BCUT2D eigenvalue weighted by Crippen LogP contribution is 2.39. The zero-order chi connectivity index (χ0) is 47.5. The Kier molecular flexibility index (Phi) is 34.4. The van der Waals surface area contributed by atoms with E-state index in [1.807, 2.05) is 21.1 Å². The summed E-state index contributed by atoms with van der Waals surface area (Å²) < 4.78 is 33.8.